The minimum atomic E-state index is -4.95. The van der Waals surface area contributed by atoms with E-state index < -0.39 is 27.0 Å². The van der Waals surface area contributed by atoms with Gasteiger partial charge >= 0.3 is 29.6 Å². The number of benzene rings is 3. The van der Waals surface area contributed by atoms with Gasteiger partial charge in [-0.25, -0.2) is 8.42 Å². The van der Waals surface area contributed by atoms with Gasteiger partial charge in [0, 0.05) is 18.4 Å². The van der Waals surface area contributed by atoms with Crippen molar-refractivity contribution in [1.82, 2.24) is 15.0 Å². The molecular weight excluding hydrogens is 628 g/mol. The summed E-state index contributed by atoms with van der Waals surface area (Å²) in [5.74, 6) is -0.280. The molecule has 1 unspecified atom stereocenters. The summed E-state index contributed by atoms with van der Waals surface area (Å²) in [6.45, 7) is 1.57. The number of amides is 1. The van der Waals surface area contributed by atoms with Gasteiger partial charge in [-0.3, -0.25) is 4.79 Å². The van der Waals surface area contributed by atoms with Gasteiger partial charge in [-0.2, -0.15) is 35.3 Å². The van der Waals surface area contributed by atoms with Crippen LogP contribution in [0, 0.1) is 0 Å². The molecule has 13 nitrogen and oxygen atoms in total. The van der Waals surface area contributed by atoms with Crippen LogP contribution in [0.4, 0.5) is 34.6 Å². The van der Waals surface area contributed by atoms with Gasteiger partial charge in [-0.05, 0) is 61.0 Å². The summed E-state index contributed by atoms with van der Waals surface area (Å²) in [4.78, 5) is 26.7. The topological polar surface area (TPSA) is 169 Å². The Kier molecular flexibility index (Phi) is 10.1. The monoisotopic (exact) mass is 647 g/mol. The largest absolute Gasteiger partial charge is 1.00 e. The van der Waals surface area contributed by atoms with Crippen molar-refractivity contribution in [2.75, 3.05) is 22.3 Å². The minimum absolute atomic E-state index is 0. The van der Waals surface area contributed by atoms with Gasteiger partial charge in [-0.15, -0.1) is 0 Å². The van der Waals surface area contributed by atoms with Crippen molar-refractivity contribution in [2.24, 2.45) is 15.3 Å². The van der Waals surface area contributed by atoms with E-state index in [-0.39, 0.29) is 58.1 Å². The van der Waals surface area contributed by atoms with Crippen LogP contribution < -0.4 is 44.8 Å². The molecule has 1 aliphatic rings. The first-order chi connectivity index (χ1) is 20.0. The van der Waals surface area contributed by atoms with Crippen molar-refractivity contribution < 1.29 is 47.3 Å². The standard InChI is InChI=1S/C26H21Cl2N9O4S.Na/c1-15-22(23(38)37(35-15)20-11-7-6-10-18(20)27)34-33-19-14-16(12-13-21(19)42(39,40)41)29-25-30-24(28)31-26(32-25)36(2)17-8-4-3-5-9-17;/h3-14,22H,1-2H3,(H,39,40,41)(H,29,30,31,32);/q;+1/p-1. The van der Waals surface area contributed by atoms with E-state index in [1.807, 2.05) is 30.3 Å². The van der Waals surface area contributed by atoms with Crippen LogP contribution in [-0.4, -0.2) is 52.6 Å². The number of carbonyl (C=O) groups is 1. The summed E-state index contributed by atoms with van der Waals surface area (Å²) in [6.07, 6.45) is 0. The average Bonchev–Trinajstić information content (AvgIpc) is 3.23. The van der Waals surface area contributed by atoms with Gasteiger partial charge < -0.3 is 14.8 Å². The van der Waals surface area contributed by atoms with E-state index in [9.17, 15) is 17.8 Å². The zero-order chi connectivity index (χ0) is 30.0. The summed E-state index contributed by atoms with van der Waals surface area (Å²) in [5, 5.41) is 16.4. The quantitative estimate of drug-likeness (QED) is 0.171. The number of anilines is 5. The van der Waals surface area contributed by atoms with E-state index in [4.69, 9.17) is 23.2 Å². The molecule has 0 saturated heterocycles. The van der Waals surface area contributed by atoms with Crippen LogP contribution in [0.3, 0.4) is 0 Å². The molecule has 5 rings (SSSR count). The van der Waals surface area contributed by atoms with Crippen molar-refractivity contribution in [1.29, 1.82) is 0 Å². The Morgan fingerprint density at radius 2 is 1.70 bits per heavy atom. The maximum absolute atomic E-state index is 13.1. The van der Waals surface area contributed by atoms with Crippen molar-refractivity contribution in [3.8, 4) is 0 Å². The normalized spacial score (nSPS) is 14.9. The van der Waals surface area contributed by atoms with Gasteiger partial charge in [0.15, 0.2) is 6.04 Å². The maximum atomic E-state index is 13.1. The Labute approximate surface area is 278 Å². The fourth-order valence-electron chi connectivity index (χ4n) is 3.93. The van der Waals surface area contributed by atoms with Gasteiger partial charge in [-0.1, -0.05) is 41.9 Å². The Bertz CT molecular complexity index is 1850. The molecule has 1 aromatic heterocycles. The number of carbonyl (C=O) groups excluding carboxylic acids is 1. The van der Waals surface area contributed by atoms with Crippen molar-refractivity contribution in [2.45, 2.75) is 17.9 Å². The Balaban J connectivity index is 0.00000423. The molecule has 1 N–H and O–H groups in total. The van der Waals surface area contributed by atoms with E-state index in [0.29, 0.717) is 16.4 Å². The van der Waals surface area contributed by atoms with Gasteiger partial charge in [0.25, 0.3) is 5.91 Å². The molecule has 1 amide bonds. The number of nitrogens with one attached hydrogen (secondary N) is 1. The molecule has 1 aliphatic heterocycles. The molecule has 0 aliphatic carbocycles. The fraction of sp³-hybridized carbons (Fsp3) is 0.115. The third-order valence-electron chi connectivity index (χ3n) is 5.98. The van der Waals surface area contributed by atoms with E-state index in [1.54, 1.807) is 43.1 Å². The molecule has 0 radical (unpaired) electrons. The van der Waals surface area contributed by atoms with Crippen LogP contribution in [0.2, 0.25) is 10.3 Å². The van der Waals surface area contributed by atoms with Crippen LogP contribution in [-0.2, 0) is 14.9 Å². The smallest absolute Gasteiger partial charge is 0.744 e. The molecule has 3 aromatic carbocycles. The number of hydrogen-bond donors (Lipinski definition) is 1. The Morgan fingerprint density at radius 3 is 2.40 bits per heavy atom. The number of aromatic nitrogens is 3. The molecular formula is C26H20Cl2N9NaO4S. The third kappa shape index (κ3) is 7.36. The first-order valence-corrected chi connectivity index (χ1v) is 14.3. The molecule has 214 valence electrons. The van der Waals surface area contributed by atoms with Gasteiger partial charge in [0.05, 0.1) is 21.3 Å². The number of hydrazone groups is 1. The number of azo groups is 1. The van der Waals surface area contributed by atoms with Crippen LogP contribution in [0.25, 0.3) is 0 Å². The Hall–Kier alpha value is -3.50. The second-order valence-electron chi connectivity index (χ2n) is 8.85. The second kappa shape index (κ2) is 13.4. The van der Waals surface area contributed by atoms with E-state index in [1.165, 1.54) is 12.1 Å². The summed E-state index contributed by atoms with van der Waals surface area (Å²) < 4.78 is 35.9. The molecule has 1 atom stereocenters. The van der Waals surface area contributed by atoms with Gasteiger partial charge in [0.1, 0.15) is 15.8 Å². The van der Waals surface area contributed by atoms with E-state index >= 15 is 0 Å². The van der Waals surface area contributed by atoms with E-state index in [0.717, 1.165) is 16.8 Å². The number of halogens is 2. The van der Waals surface area contributed by atoms with E-state index in [2.05, 4.69) is 35.6 Å². The number of hydrogen-bond acceptors (Lipinski definition) is 12. The second-order valence-corrected chi connectivity index (χ2v) is 10.9. The molecule has 4 aromatic rings. The van der Waals surface area contributed by atoms with Crippen molar-refractivity contribution in [3.05, 3.63) is 83.1 Å². The van der Waals surface area contributed by atoms with Gasteiger partial charge in [0.2, 0.25) is 17.2 Å². The Morgan fingerprint density at radius 1 is 1.00 bits per heavy atom. The molecule has 0 spiro atoms. The maximum Gasteiger partial charge on any atom is 1.00 e. The van der Waals surface area contributed by atoms with Crippen molar-refractivity contribution >= 4 is 79.6 Å². The molecule has 0 bridgehead atoms. The van der Waals surface area contributed by atoms with Crippen LogP contribution in [0.1, 0.15) is 6.92 Å². The third-order valence-corrected chi connectivity index (χ3v) is 7.35. The summed E-state index contributed by atoms with van der Waals surface area (Å²) in [7, 11) is -3.20. The molecule has 43 heavy (non-hydrogen) atoms. The first kappa shape index (κ1) is 32.4. The molecule has 2 heterocycles. The minimum Gasteiger partial charge on any atom is -0.744 e. The fourth-order valence-corrected chi connectivity index (χ4v) is 4.89. The predicted molar refractivity (Wildman–Crippen MR) is 157 cm³/mol. The van der Waals surface area contributed by atoms with Crippen molar-refractivity contribution in [3.63, 3.8) is 0 Å². The predicted octanol–water partition coefficient (Wildman–Crippen LogP) is 2.47. The average molecular weight is 648 g/mol. The zero-order valence-electron chi connectivity index (χ0n) is 22.9. The molecule has 0 fully saturated rings. The number of rotatable bonds is 8. The van der Waals surface area contributed by atoms with Crippen LogP contribution >= 0.6 is 23.2 Å². The first-order valence-electron chi connectivity index (χ1n) is 12.1. The SMILES string of the molecule is CC1=NN(c2ccccc2Cl)C(=O)C1N=Nc1cc(Nc2nc(Cl)nc(N(C)c3ccccc3)n2)ccc1S(=O)(=O)[O-].[Na+]. The zero-order valence-corrected chi connectivity index (χ0v) is 27.2. The summed E-state index contributed by atoms with van der Waals surface area (Å²) in [6, 6.07) is 18.4. The van der Waals surface area contributed by atoms with Crippen LogP contribution in [0.5, 0.6) is 0 Å². The number of para-hydroxylation sites is 2. The van der Waals surface area contributed by atoms with Crippen LogP contribution in [0.15, 0.2) is 93.0 Å². The summed E-state index contributed by atoms with van der Waals surface area (Å²) >= 11 is 12.4. The summed E-state index contributed by atoms with van der Waals surface area (Å²) in [5.41, 5.74) is 1.39. The molecule has 0 saturated carbocycles. The molecule has 17 heteroatoms. The number of nitrogens with zero attached hydrogens (tertiary/aromatic N) is 8.